The number of aliphatic imine (C=N–C) groups is 2. The van der Waals surface area contributed by atoms with Crippen LogP contribution in [0.2, 0.25) is 0 Å². The molecule has 206 valence electrons. The first-order valence-corrected chi connectivity index (χ1v) is 13.2. The molecule has 4 rings (SSSR count). The Morgan fingerprint density at radius 3 is 1.35 bits per heavy atom. The van der Waals surface area contributed by atoms with Crippen LogP contribution in [0.3, 0.4) is 0 Å². The van der Waals surface area contributed by atoms with Crippen LogP contribution < -0.4 is 0 Å². The Morgan fingerprint density at radius 1 is 0.625 bits per heavy atom. The number of aromatic hydroxyl groups is 2. The summed E-state index contributed by atoms with van der Waals surface area (Å²) in [6.07, 6.45) is 3.43. The van der Waals surface area contributed by atoms with E-state index in [1.165, 1.54) is 0 Å². The number of ether oxygens (including phenoxy) is 2. The Hall–Kier alpha value is -4.26. The third-order valence-corrected chi connectivity index (χ3v) is 6.65. The molecule has 0 radical (unpaired) electrons. The molecule has 0 saturated heterocycles. The normalized spacial score (nSPS) is 13.2. The van der Waals surface area contributed by atoms with Crippen molar-refractivity contribution in [3.05, 3.63) is 129 Å². The van der Waals surface area contributed by atoms with Crippen LogP contribution in [-0.2, 0) is 22.7 Å². The van der Waals surface area contributed by atoms with E-state index in [4.69, 9.17) is 19.5 Å². The summed E-state index contributed by atoms with van der Waals surface area (Å²) >= 11 is 0. The second kappa shape index (κ2) is 13.7. The van der Waals surface area contributed by atoms with E-state index in [9.17, 15) is 10.2 Å². The molecule has 0 unspecified atom stereocenters. The summed E-state index contributed by atoms with van der Waals surface area (Å²) in [5, 5.41) is 21.8. The van der Waals surface area contributed by atoms with Gasteiger partial charge in [-0.15, -0.1) is 0 Å². The molecule has 40 heavy (non-hydrogen) atoms. The number of rotatable bonds is 11. The summed E-state index contributed by atoms with van der Waals surface area (Å²) in [5.41, 5.74) is 6.60. The molecule has 4 aromatic carbocycles. The van der Waals surface area contributed by atoms with Gasteiger partial charge in [0, 0.05) is 48.9 Å². The number of aryl methyl sites for hydroxylation is 2. The zero-order chi connectivity index (χ0) is 28.5. The first-order chi connectivity index (χ1) is 19.4. The number of phenolic OH excluding ortho intramolecular Hbond substituents is 2. The van der Waals surface area contributed by atoms with Crippen molar-refractivity contribution in [2.45, 2.75) is 39.1 Å². The van der Waals surface area contributed by atoms with E-state index in [0.717, 1.165) is 22.3 Å². The lowest BCUT2D eigenvalue weighted by Crippen LogP contribution is -2.09. The van der Waals surface area contributed by atoms with Crippen LogP contribution in [0, 0.1) is 13.8 Å². The van der Waals surface area contributed by atoms with Gasteiger partial charge in [-0.25, -0.2) is 0 Å². The number of methoxy groups -OCH3 is 2. The molecule has 0 bridgehead atoms. The van der Waals surface area contributed by atoms with Gasteiger partial charge in [0.05, 0.1) is 13.2 Å². The molecule has 0 aliphatic rings. The van der Waals surface area contributed by atoms with Gasteiger partial charge >= 0.3 is 0 Å². The molecule has 0 heterocycles. The molecule has 0 aliphatic carbocycles. The lowest BCUT2D eigenvalue weighted by molar-refractivity contribution is 0.182. The van der Waals surface area contributed by atoms with Crippen molar-refractivity contribution in [1.29, 1.82) is 0 Å². The Balaban J connectivity index is 1.83. The molecule has 4 aromatic rings. The predicted molar refractivity (Wildman–Crippen MR) is 161 cm³/mol. The van der Waals surface area contributed by atoms with Crippen LogP contribution in [0.25, 0.3) is 0 Å². The maximum atomic E-state index is 10.9. The van der Waals surface area contributed by atoms with E-state index in [1.807, 2.05) is 98.8 Å². The first-order valence-electron chi connectivity index (χ1n) is 13.2. The zero-order valence-electron chi connectivity index (χ0n) is 23.4. The van der Waals surface area contributed by atoms with Crippen LogP contribution in [0.1, 0.15) is 56.6 Å². The van der Waals surface area contributed by atoms with Gasteiger partial charge in [-0.3, -0.25) is 9.98 Å². The van der Waals surface area contributed by atoms with Gasteiger partial charge in [0.25, 0.3) is 0 Å². The maximum Gasteiger partial charge on any atom is 0.129 e. The van der Waals surface area contributed by atoms with Crippen molar-refractivity contribution in [2.24, 2.45) is 9.98 Å². The summed E-state index contributed by atoms with van der Waals surface area (Å²) in [6.45, 7) is 4.57. The molecule has 0 aliphatic heterocycles. The van der Waals surface area contributed by atoms with Crippen molar-refractivity contribution in [1.82, 2.24) is 0 Å². The van der Waals surface area contributed by atoms with Crippen LogP contribution in [-0.4, -0.2) is 36.9 Å². The molecule has 0 amide bonds. The highest BCUT2D eigenvalue weighted by Gasteiger charge is 2.24. The van der Waals surface area contributed by atoms with Crippen molar-refractivity contribution in [2.75, 3.05) is 14.2 Å². The smallest absolute Gasteiger partial charge is 0.129 e. The first kappa shape index (κ1) is 28.7. The molecule has 0 aromatic heterocycles. The SMILES string of the molecule is COCc1cc(C)cc(C=N[C@H](c2ccccc2)[C@H](N=Cc2cc(C)cc(COC)c2O)c2ccccc2)c1O. The van der Waals surface area contributed by atoms with Gasteiger partial charge in [-0.2, -0.15) is 0 Å². The van der Waals surface area contributed by atoms with Gasteiger partial charge in [-0.05, 0) is 48.2 Å². The van der Waals surface area contributed by atoms with Crippen LogP contribution >= 0.6 is 0 Å². The second-order valence-corrected chi connectivity index (χ2v) is 9.86. The third kappa shape index (κ3) is 7.03. The topological polar surface area (TPSA) is 83.6 Å². The lowest BCUT2D eigenvalue weighted by Gasteiger charge is -2.22. The molecule has 0 fully saturated rings. The largest absolute Gasteiger partial charge is 0.507 e. The van der Waals surface area contributed by atoms with E-state index in [2.05, 4.69) is 0 Å². The number of phenols is 2. The minimum atomic E-state index is -0.406. The van der Waals surface area contributed by atoms with Crippen LogP contribution in [0.15, 0.2) is 94.9 Å². The number of benzene rings is 4. The van der Waals surface area contributed by atoms with Gasteiger partial charge in [0.15, 0.2) is 0 Å². The van der Waals surface area contributed by atoms with E-state index < -0.39 is 12.1 Å². The molecule has 0 spiro atoms. The average molecular weight is 537 g/mol. The Kier molecular flexibility index (Phi) is 9.84. The number of nitrogens with zero attached hydrogens (tertiary/aromatic N) is 2. The third-order valence-electron chi connectivity index (χ3n) is 6.65. The van der Waals surface area contributed by atoms with E-state index in [0.29, 0.717) is 35.5 Å². The predicted octanol–water partition coefficient (Wildman–Crippen LogP) is 7.03. The highest BCUT2D eigenvalue weighted by molar-refractivity contribution is 5.86. The molecular weight excluding hydrogens is 500 g/mol. The highest BCUT2D eigenvalue weighted by Crippen LogP contribution is 2.36. The molecule has 6 heteroatoms. The van der Waals surface area contributed by atoms with Gasteiger partial charge < -0.3 is 19.7 Å². The van der Waals surface area contributed by atoms with E-state index >= 15 is 0 Å². The number of hydrogen-bond donors (Lipinski definition) is 2. The molecule has 0 saturated carbocycles. The lowest BCUT2D eigenvalue weighted by atomic mass is 9.94. The Bertz CT molecular complexity index is 1350. The summed E-state index contributed by atoms with van der Waals surface area (Å²) in [6, 6.07) is 26.8. The Labute approximate surface area is 236 Å². The highest BCUT2D eigenvalue weighted by atomic mass is 16.5. The zero-order valence-corrected chi connectivity index (χ0v) is 23.4. The van der Waals surface area contributed by atoms with Crippen molar-refractivity contribution < 1.29 is 19.7 Å². The van der Waals surface area contributed by atoms with Gasteiger partial charge in [0.2, 0.25) is 0 Å². The monoisotopic (exact) mass is 536 g/mol. The summed E-state index contributed by atoms with van der Waals surface area (Å²) in [7, 11) is 3.21. The minimum Gasteiger partial charge on any atom is -0.507 e. The fourth-order valence-corrected chi connectivity index (χ4v) is 4.82. The number of hydrogen-bond acceptors (Lipinski definition) is 6. The molecular formula is C34H36N2O4. The van der Waals surface area contributed by atoms with E-state index in [-0.39, 0.29) is 11.5 Å². The fraction of sp³-hybridized carbons (Fsp3) is 0.235. The van der Waals surface area contributed by atoms with Gasteiger partial charge in [0.1, 0.15) is 23.6 Å². The molecule has 2 N–H and O–H groups in total. The Morgan fingerprint density at radius 2 is 1.00 bits per heavy atom. The summed E-state index contributed by atoms with van der Waals surface area (Å²) in [4.78, 5) is 10.0. The maximum absolute atomic E-state index is 10.9. The second-order valence-electron chi connectivity index (χ2n) is 9.86. The van der Waals surface area contributed by atoms with Crippen molar-refractivity contribution in [3.8, 4) is 11.5 Å². The quantitative estimate of drug-likeness (QED) is 0.202. The van der Waals surface area contributed by atoms with Crippen molar-refractivity contribution in [3.63, 3.8) is 0 Å². The average Bonchev–Trinajstić information content (AvgIpc) is 2.96. The fourth-order valence-electron chi connectivity index (χ4n) is 4.82. The van der Waals surface area contributed by atoms with Crippen LogP contribution in [0.4, 0.5) is 0 Å². The molecule has 2 atom stereocenters. The minimum absolute atomic E-state index is 0.151. The summed E-state index contributed by atoms with van der Waals surface area (Å²) in [5.74, 6) is 0.302. The standard InChI is InChI=1S/C34H36N2O4/c1-23-15-27(33(37)29(17-23)21-39-3)19-35-31(25-11-7-5-8-12-25)32(26-13-9-6-10-14-26)36-20-28-16-24(2)18-30(22-40-4)34(28)38/h5-20,31-32,37-38H,21-22H2,1-4H3/t31-,32-/m1/s1. The molecule has 6 nitrogen and oxygen atoms in total. The summed E-state index contributed by atoms with van der Waals surface area (Å²) < 4.78 is 10.5. The van der Waals surface area contributed by atoms with Crippen molar-refractivity contribution >= 4 is 12.4 Å². The van der Waals surface area contributed by atoms with E-state index in [1.54, 1.807) is 26.6 Å². The van der Waals surface area contributed by atoms with Gasteiger partial charge in [-0.1, -0.05) is 72.8 Å². The van der Waals surface area contributed by atoms with Crippen LogP contribution in [0.5, 0.6) is 11.5 Å².